The van der Waals surface area contributed by atoms with E-state index in [1.165, 1.54) is 24.4 Å². The average molecular weight is 310 g/mol. The SMILES string of the molecule is Nc1cc(C(=O)Nc2c(F)cccc2Br)ccn1. The van der Waals surface area contributed by atoms with Crippen molar-refractivity contribution in [3.63, 3.8) is 0 Å². The summed E-state index contributed by atoms with van der Waals surface area (Å²) in [6.45, 7) is 0. The fourth-order valence-corrected chi connectivity index (χ4v) is 1.83. The first kappa shape index (κ1) is 12.5. The lowest BCUT2D eigenvalue weighted by Gasteiger charge is -2.08. The van der Waals surface area contributed by atoms with E-state index in [1.54, 1.807) is 12.1 Å². The van der Waals surface area contributed by atoms with E-state index < -0.39 is 11.7 Å². The molecule has 0 bridgehead atoms. The molecular formula is C12H9BrFN3O. The third kappa shape index (κ3) is 2.65. The number of nitrogen functional groups attached to an aromatic ring is 1. The lowest BCUT2D eigenvalue weighted by Crippen LogP contribution is -2.14. The van der Waals surface area contributed by atoms with Crippen LogP contribution in [0.3, 0.4) is 0 Å². The molecule has 0 aliphatic heterocycles. The molecule has 2 aromatic rings. The summed E-state index contributed by atoms with van der Waals surface area (Å²) in [6.07, 6.45) is 1.42. The second kappa shape index (κ2) is 5.14. The minimum absolute atomic E-state index is 0.0953. The molecule has 0 saturated heterocycles. The topological polar surface area (TPSA) is 68.0 Å². The summed E-state index contributed by atoms with van der Waals surface area (Å²) in [4.78, 5) is 15.7. The number of pyridine rings is 1. The molecule has 1 heterocycles. The van der Waals surface area contributed by atoms with Gasteiger partial charge in [-0.05, 0) is 40.2 Å². The van der Waals surface area contributed by atoms with Gasteiger partial charge in [-0.1, -0.05) is 6.07 Å². The van der Waals surface area contributed by atoms with Crippen LogP contribution in [0.2, 0.25) is 0 Å². The molecule has 0 unspecified atom stereocenters. The van der Waals surface area contributed by atoms with Crippen molar-refractivity contribution in [1.29, 1.82) is 0 Å². The van der Waals surface area contributed by atoms with E-state index in [4.69, 9.17) is 5.73 Å². The molecule has 1 aromatic carbocycles. The number of anilines is 2. The van der Waals surface area contributed by atoms with Crippen LogP contribution in [0.4, 0.5) is 15.9 Å². The maximum Gasteiger partial charge on any atom is 0.255 e. The number of nitrogens with two attached hydrogens (primary N) is 1. The molecule has 2 rings (SSSR count). The van der Waals surface area contributed by atoms with Crippen LogP contribution in [-0.4, -0.2) is 10.9 Å². The van der Waals surface area contributed by atoms with Gasteiger partial charge in [-0.25, -0.2) is 9.37 Å². The van der Waals surface area contributed by atoms with Gasteiger partial charge in [0.2, 0.25) is 0 Å². The van der Waals surface area contributed by atoms with Gasteiger partial charge in [0.05, 0.1) is 5.69 Å². The number of para-hydroxylation sites is 1. The highest BCUT2D eigenvalue weighted by molar-refractivity contribution is 9.10. The van der Waals surface area contributed by atoms with Crippen molar-refractivity contribution in [2.75, 3.05) is 11.1 Å². The third-order valence-electron chi connectivity index (χ3n) is 2.24. The van der Waals surface area contributed by atoms with Gasteiger partial charge in [0.1, 0.15) is 11.6 Å². The van der Waals surface area contributed by atoms with Crippen LogP contribution in [0.5, 0.6) is 0 Å². The number of hydrogen-bond donors (Lipinski definition) is 2. The number of halogens is 2. The number of amides is 1. The zero-order chi connectivity index (χ0) is 13.1. The van der Waals surface area contributed by atoms with Gasteiger partial charge in [0.15, 0.2) is 0 Å². The van der Waals surface area contributed by atoms with E-state index in [0.717, 1.165) is 0 Å². The first-order chi connectivity index (χ1) is 8.58. The van der Waals surface area contributed by atoms with Crippen LogP contribution in [0, 0.1) is 5.82 Å². The fraction of sp³-hybridized carbons (Fsp3) is 0. The van der Waals surface area contributed by atoms with Crippen molar-refractivity contribution in [2.45, 2.75) is 0 Å². The molecule has 0 aliphatic carbocycles. The van der Waals surface area contributed by atoms with Crippen molar-refractivity contribution in [1.82, 2.24) is 4.98 Å². The van der Waals surface area contributed by atoms with E-state index in [2.05, 4.69) is 26.2 Å². The summed E-state index contributed by atoms with van der Waals surface area (Å²) in [7, 11) is 0. The van der Waals surface area contributed by atoms with Crippen molar-refractivity contribution in [3.8, 4) is 0 Å². The first-order valence-electron chi connectivity index (χ1n) is 5.05. The van der Waals surface area contributed by atoms with Crippen molar-refractivity contribution >= 4 is 33.3 Å². The number of hydrogen-bond acceptors (Lipinski definition) is 3. The highest BCUT2D eigenvalue weighted by Crippen LogP contribution is 2.25. The Kier molecular flexibility index (Phi) is 3.57. The number of nitrogens with zero attached hydrogens (tertiary/aromatic N) is 1. The van der Waals surface area contributed by atoms with Crippen LogP contribution in [0.25, 0.3) is 0 Å². The largest absolute Gasteiger partial charge is 0.384 e. The molecule has 0 fully saturated rings. The smallest absolute Gasteiger partial charge is 0.255 e. The molecular weight excluding hydrogens is 301 g/mol. The van der Waals surface area contributed by atoms with E-state index in [0.29, 0.717) is 10.0 Å². The number of rotatable bonds is 2. The average Bonchev–Trinajstić information content (AvgIpc) is 2.34. The molecule has 92 valence electrons. The molecule has 1 aromatic heterocycles. The van der Waals surface area contributed by atoms with Gasteiger partial charge in [0.25, 0.3) is 5.91 Å². The van der Waals surface area contributed by atoms with Crippen LogP contribution in [-0.2, 0) is 0 Å². The number of benzene rings is 1. The number of aromatic nitrogens is 1. The minimum Gasteiger partial charge on any atom is -0.384 e. The Balaban J connectivity index is 2.27. The monoisotopic (exact) mass is 309 g/mol. The molecule has 3 N–H and O–H groups in total. The van der Waals surface area contributed by atoms with Crippen LogP contribution >= 0.6 is 15.9 Å². The second-order valence-corrected chi connectivity index (χ2v) is 4.37. The predicted molar refractivity (Wildman–Crippen MR) is 70.7 cm³/mol. The summed E-state index contributed by atoms with van der Waals surface area (Å²) in [5.41, 5.74) is 5.89. The zero-order valence-corrected chi connectivity index (χ0v) is 10.7. The third-order valence-corrected chi connectivity index (χ3v) is 2.91. The van der Waals surface area contributed by atoms with Gasteiger partial charge in [0, 0.05) is 16.2 Å². The van der Waals surface area contributed by atoms with Gasteiger partial charge in [-0.2, -0.15) is 0 Å². The predicted octanol–water partition coefficient (Wildman–Crippen LogP) is 2.82. The first-order valence-corrected chi connectivity index (χ1v) is 5.84. The van der Waals surface area contributed by atoms with E-state index in [1.807, 2.05) is 0 Å². The summed E-state index contributed by atoms with van der Waals surface area (Å²) in [6, 6.07) is 7.37. The molecule has 0 aliphatic rings. The molecule has 0 atom stereocenters. The Bertz CT molecular complexity index is 583. The van der Waals surface area contributed by atoms with Crippen LogP contribution in [0.1, 0.15) is 10.4 Å². The molecule has 0 spiro atoms. The number of carbonyl (C=O) groups excluding carboxylic acids is 1. The Hall–Kier alpha value is -1.95. The molecule has 4 nitrogen and oxygen atoms in total. The maximum atomic E-state index is 13.5. The molecule has 6 heteroatoms. The molecule has 18 heavy (non-hydrogen) atoms. The van der Waals surface area contributed by atoms with Crippen molar-refractivity contribution < 1.29 is 9.18 Å². The quantitative estimate of drug-likeness (QED) is 0.896. The minimum atomic E-state index is -0.514. The second-order valence-electron chi connectivity index (χ2n) is 3.52. The molecule has 0 radical (unpaired) electrons. The highest BCUT2D eigenvalue weighted by Gasteiger charge is 2.12. The maximum absolute atomic E-state index is 13.5. The normalized spacial score (nSPS) is 10.1. The standard InChI is InChI=1S/C12H9BrFN3O/c13-8-2-1-3-9(14)11(8)17-12(18)7-4-5-16-10(15)6-7/h1-6H,(H2,15,16)(H,17,18). The van der Waals surface area contributed by atoms with Crippen molar-refractivity contribution in [3.05, 3.63) is 52.4 Å². The number of nitrogens with one attached hydrogen (secondary N) is 1. The van der Waals surface area contributed by atoms with Gasteiger partial charge >= 0.3 is 0 Å². The van der Waals surface area contributed by atoms with E-state index >= 15 is 0 Å². The molecule has 0 saturated carbocycles. The summed E-state index contributed by atoms with van der Waals surface area (Å²) in [5, 5.41) is 2.48. The van der Waals surface area contributed by atoms with Crippen LogP contribution in [0.15, 0.2) is 41.0 Å². The lowest BCUT2D eigenvalue weighted by molar-refractivity contribution is 0.102. The lowest BCUT2D eigenvalue weighted by atomic mass is 10.2. The highest BCUT2D eigenvalue weighted by atomic mass is 79.9. The van der Waals surface area contributed by atoms with Gasteiger partial charge < -0.3 is 11.1 Å². The Morgan fingerprint density at radius 3 is 2.83 bits per heavy atom. The Labute approximate surface area is 111 Å². The Morgan fingerprint density at radius 2 is 2.17 bits per heavy atom. The van der Waals surface area contributed by atoms with Crippen molar-refractivity contribution in [2.24, 2.45) is 0 Å². The molecule has 1 amide bonds. The summed E-state index contributed by atoms with van der Waals surface area (Å²) in [5.74, 6) is -0.732. The van der Waals surface area contributed by atoms with E-state index in [-0.39, 0.29) is 11.5 Å². The van der Waals surface area contributed by atoms with Gasteiger partial charge in [-0.3, -0.25) is 4.79 Å². The summed E-state index contributed by atoms with van der Waals surface area (Å²) >= 11 is 3.17. The van der Waals surface area contributed by atoms with Crippen LogP contribution < -0.4 is 11.1 Å². The summed E-state index contributed by atoms with van der Waals surface area (Å²) < 4.78 is 14.0. The Morgan fingerprint density at radius 1 is 1.39 bits per heavy atom. The number of carbonyl (C=O) groups is 1. The zero-order valence-electron chi connectivity index (χ0n) is 9.15. The fourth-order valence-electron chi connectivity index (χ4n) is 1.39. The van der Waals surface area contributed by atoms with E-state index in [9.17, 15) is 9.18 Å². The van der Waals surface area contributed by atoms with Gasteiger partial charge in [-0.15, -0.1) is 0 Å².